The van der Waals surface area contributed by atoms with Gasteiger partial charge in [-0.1, -0.05) is 42.5 Å². The molecule has 0 atom stereocenters. The minimum absolute atomic E-state index is 0.216. The molecule has 8 nitrogen and oxygen atoms in total. The summed E-state index contributed by atoms with van der Waals surface area (Å²) >= 11 is 0. The van der Waals surface area contributed by atoms with Crippen molar-refractivity contribution in [3.63, 3.8) is 0 Å². The summed E-state index contributed by atoms with van der Waals surface area (Å²) in [4.78, 5) is 12.4. The fourth-order valence-corrected chi connectivity index (χ4v) is 7.91. The first-order valence-electron chi connectivity index (χ1n) is 11.1. The average molecular weight is 538 g/mol. The molecule has 37 heavy (non-hydrogen) atoms. The normalized spacial score (nSPS) is 11.8. The van der Waals surface area contributed by atoms with E-state index in [4.69, 9.17) is 0 Å². The number of aromatic hydroxyl groups is 2. The molecule has 0 aliphatic heterocycles. The zero-order valence-electron chi connectivity index (χ0n) is 19.4. The Morgan fingerprint density at radius 2 is 1.05 bits per heavy atom. The molecule has 0 aliphatic rings. The van der Waals surface area contributed by atoms with Crippen molar-refractivity contribution in [2.24, 2.45) is 0 Å². The number of hydrogen-bond acceptors (Lipinski definition) is 7. The van der Waals surface area contributed by atoms with Crippen LogP contribution in [0.2, 0.25) is 0 Å². The molecule has 10 heteroatoms. The Balaban J connectivity index is 1.68. The standard InChI is InChI=1S/C27H23NO7S2/c29-22-10-14-24(15-11-22)36(32,33)27(37(34,35)25-16-12-23(30)13-17-25)26(31)28-21-8-6-20(7-9-21)18-19-4-2-1-3-5-19/h1-17,27,29-30H,18H2,(H,28,31). The van der Waals surface area contributed by atoms with E-state index in [2.05, 4.69) is 5.32 Å². The number of phenolic OH excluding ortho intramolecular Hbond substituents is 2. The number of sulfone groups is 2. The minimum atomic E-state index is -4.78. The fourth-order valence-electron chi connectivity index (χ4n) is 3.71. The van der Waals surface area contributed by atoms with Crippen molar-refractivity contribution in [1.82, 2.24) is 0 Å². The van der Waals surface area contributed by atoms with Crippen molar-refractivity contribution in [2.75, 3.05) is 5.32 Å². The summed E-state index contributed by atoms with van der Waals surface area (Å²) in [5.41, 5.74) is 2.24. The lowest BCUT2D eigenvalue weighted by Crippen LogP contribution is -2.41. The van der Waals surface area contributed by atoms with Crippen molar-refractivity contribution in [1.29, 1.82) is 0 Å². The molecule has 0 fully saturated rings. The van der Waals surface area contributed by atoms with Crippen LogP contribution in [0.25, 0.3) is 0 Å². The van der Waals surface area contributed by atoms with E-state index in [1.54, 1.807) is 24.3 Å². The van der Waals surface area contributed by atoms with Crippen LogP contribution < -0.4 is 5.32 Å². The molecule has 4 rings (SSSR count). The number of hydrogen-bond donors (Lipinski definition) is 3. The Morgan fingerprint density at radius 3 is 1.51 bits per heavy atom. The van der Waals surface area contributed by atoms with Gasteiger partial charge < -0.3 is 15.5 Å². The predicted molar refractivity (Wildman–Crippen MR) is 139 cm³/mol. The quantitative estimate of drug-likeness (QED) is 0.310. The molecule has 0 saturated carbocycles. The van der Waals surface area contributed by atoms with E-state index >= 15 is 0 Å². The molecule has 1 amide bonds. The fraction of sp³-hybridized carbons (Fsp3) is 0.0741. The number of phenols is 2. The van der Waals surface area contributed by atoms with Gasteiger partial charge in [-0.2, -0.15) is 0 Å². The van der Waals surface area contributed by atoms with Crippen LogP contribution in [0.3, 0.4) is 0 Å². The topological polar surface area (TPSA) is 138 Å². The minimum Gasteiger partial charge on any atom is -0.508 e. The molecule has 0 bridgehead atoms. The third kappa shape index (κ3) is 5.82. The highest BCUT2D eigenvalue weighted by atomic mass is 32.3. The van der Waals surface area contributed by atoms with Gasteiger partial charge in [-0.15, -0.1) is 0 Å². The zero-order valence-corrected chi connectivity index (χ0v) is 21.0. The number of nitrogens with one attached hydrogen (secondary N) is 1. The molecule has 4 aromatic carbocycles. The van der Waals surface area contributed by atoms with Gasteiger partial charge in [-0.25, -0.2) is 16.8 Å². The molecule has 0 aliphatic carbocycles. The molecule has 4 aromatic rings. The van der Waals surface area contributed by atoms with Gasteiger partial charge in [0.2, 0.25) is 24.3 Å². The first kappa shape index (κ1) is 25.9. The maximum atomic E-state index is 13.4. The lowest BCUT2D eigenvalue weighted by atomic mass is 10.0. The first-order valence-corrected chi connectivity index (χ1v) is 14.2. The lowest BCUT2D eigenvalue weighted by Gasteiger charge is -2.19. The second-order valence-corrected chi connectivity index (χ2v) is 12.6. The largest absolute Gasteiger partial charge is 0.508 e. The molecule has 0 unspecified atom stereocenters. The number of anilines is 1. The van der Waals surface area contributed by atoms with Gasteiger partial charge in [-0.05, 0) is 78.2 Å². The number of carbonyl (C=O) groups excluding carboxylic acids is 1. The molecular weight excluding hydrogens is 514 g/mol. The summed E-state index contributed by atoms with van der Waals surface area (Å²) in [5.74, 6) is -1.72. The van der Waals surface area contributed by atoms with E-state index in [0.29, 0.717) is 6.42 Å². The van der Waals surface area contributed by atoms with E-state index in [1.807, 2.05) is 30.3 Å². The van der Waals surface area contributed by atoms with Crippen LogP contribution in [0.4, 0.5) is 5.69 Å². The Morgan fingerprint density at radius 1 is 0.622 bits per heavy atom. The van der Waals surface area contributed by atoms with Crippen molar-refractivity contribution in [3.8, 4) is 11.5 Å². The van der Waals surface area contributed by atoms with E-state index < -0.39 is 40.0 Å². The number of carbonyl (C=O) groups is 1. The number of benzene rings is 4. The molecule has 3 N–H and O–H groups in total. The summed E-state index contributed by atoms with van der Waals surface area (Å²) in [7, 11) is -9.55. The average Bonchev–Trinajstić information content (AvgIpc) is 2.86. The van der Waals surface area contributed by atoms with Gasteiger partial charge in [0.05, 0.1) is 9.79 Å². The van der Waals surface area contributed by atoms with Crippen molar-refractivity contribution < 1.29 is 31.8 Å². The zero-order chi connectivity index (χ0) is 26.6. The van der Waals surface area contributed by atoms with E-state index in [1.165, 1.54) is 0 Å². The van der Waals surface area contributed by atoms with Crippen LogP contribution in [0.1, 0.15) is 11.1 Å². The Kier molecular flexibility index (Phi) is 7.33. The van der Waals surface area contributed by atoms with Crippen LogP contribution in [0.5, 0.6) is 11.5 Å². The second-order valence-electron chi connectivity index (χ2n) is 8.26. The highest BCUT2D eigenvalue weighted by molar-refractivity contribution is 8.10. The highest BCUT2D eigenvalue weighted by Gasteiger charge is 2.46. The second kappa shape index (κ2) is 10.5. The van der Waals surface area contributed by atoms with Crippen molar-refractivity contribution in [3.05, 3.63) is 114 Å². The molecule has 0 aromatic heterocycles. The van der Waals surface area contributed by atoms with Crippen LogP contribution in [0, 0.1) is 0 Å². The van der Waals surface area contributed by atoms with Crippen LogP contribution in [-0.4, -0.2) is 37.5 Å². The van der Waals surface area contributed by atoms with Gasteiger partial charge in [0.15, 0.2) is 0 Å². The van der Waals surface area contributed by atoms with Gasteiger partial charge >= 0.3 is 0 Å². The van der Waals surface area contributed by atoms with E-state index in [0.717, 1.165) is 59.7 Å². The third-order valence-corrected chi connectivity index (χ3v) is 10.5. The smallest absolute Gasteiger partial charge is 0.259 e. The molecule has 0 spiro atoms. The Bertz CT molecular complexity index is 1520. The summed E-state index contributed by atoms with van der Waals surface area (Å²) < 4.78 is 51.3. The molecule has 0 saturated heterocycles. The molecular formula is C27H23NO7S2. The SMILES string of the molecule is O=C(Nc1ccc(Cc2ccccc2)cc1)C(S(=O)(=O)c1ccc(O)cc1)S(=O)(=O)c1ccc(O)cc1. The third-order valence-electron chi connectivity index (χ3n) is 5.58. The highest BCUT2D eigenvalue weighted by Crippen LogP contribution is 2.29. The van der Waals surface area contributed by atoms with Gasteiger partial charge in [0, 0.05) is 5.69 Å². The maximum Gasteiger partial charge on any atom is 0.259 e. The van der Waals surface area contributed by atoms with Crippen LogP contribution in [-0.2, 0) is 30.9 Å². The van der Waals surface area contributed by atoms with Crippen molar-refractivity contribution in [2.45, 2.75) is 20.8 Å². The molecule has 190 valence electrons. The molecule has 0 radical (unpaired) electrons. The summed E-state index contributed by atoms with van der Waals surface area (Å²) in [5, 5.41) is 21.5. The number of amides is 1. The predicted octanol–water partition coefficient (Wildman–Crippen LogP) is 3.90. The summed E-state index contributed by atoms with van der Waals surface area (Å²) in [6.07, 6.45) is 0.641. The Hall–Kier alpha value is -4.15. The summed E-state index contributed by atoms with van der Waals surface area (Å²) in [6, 6.07) is 24.8. The van der Waals surface area contributed by atoms with Gasteiger partial charge in [0.1, 0.15) is 11.5 Å². The van der Waals surface area contributed by atoms with Gasteiger partial charge in [-0.3, -0.25) is 4.79 Å². The van der Waals surface area contributed by atoms with Gasteiger partial charge in [0.25, 0.3) is 5.91 Å². The van der Waals surface area contributed by atoms with Crippen LogP contribution >= 0.6 is 0 Å². The number of rotatable bonds is 8. The monoisotopic (exact) mass is 537 g/mol. The van der Waals surface area contributed by atoms with Crippen LogP contribution in [0.15, 0.2) is 113 Å². The van der Waals surface area contributed by atoms with Crippen molar-refractivity contribution >= 4 is 31.3 Å². The lowest BCUT2D eigenvalue weighted by molar-refractivity contribution is -0.114. The van der Waals surface area contributed by atoms with E-state index in [-0.39, 0.29) is 17.2 Å². The molecule has 0 heterocycles. The first-order chi connectivity index (χ1) is 17.6. The van der Waals surface area contributed by atoms with E-state index in [9.17, 15) is 31.8 Å². The maximum absolute atomic E-state index is 13.4. The Labute approximate surface area is 214 Å². The summed E-state index contributed by atoms with van der Waals surface area (Å²) in [6.45, 7) is 0.